The molecule has 3 aliphatic rings. The summed E-state index contributed by atoms with van der Waals surface area (Å²) in [5, 5.41) is 14.9. The van der Waals surface area contributed by atoms with Gasteiger partial charge >= 0.3 is 5.97 Å². The number of fused-ring (bicyclic) bond motifs is 1. The van der Waals surface area contributed by atoms with E-state index in [1.807, 2.05) is 24.3 Å². The minimum Gasteiger partial charge on any atom is -0.467 e. The molecule has 0 aromatic heterocycles. The second-order valence-corrected chi connectivity index (χ2v) is 12.2. The number of ether oxygens (including phenoxy) is 1. The van der Waals surface area contributed by atoms with Crippen molar-refractivity contribution in [2.45, 2.75) is 76.4 Å². The summed E-state index contributed by atoms with van der Waals surface area (Å²) in [4.78, 5) is 25.3. The highest BCUT2D eigenvalue weighted by molar-refractivity contribution is 5.99. The van der Waals surface area contributed by atoms with Crippen LogP contribution >= 0.6 is 0 Å². The molecule has 3 aliphatic carbocycles. The van der Waals surface area contributed by atoms with Gasteiger partial charge in [0.2, 0.25) is 0 Å². The second-order valence-electron chi connectivity index (χ2n) is 12.2. The van der Waals surface area contributed by atoms with Crippen molar-refractivity contribution in [3.8, 4) is 0 Å². The Kier molecular flexibility index (Phi) is 7.34. The highest BCUT2D eigenvalue weighted by atomic mass is 19.1. The van der Waals surface area contributed by atoms with Crippen LogP contribution in [0.25, 0.3) is 0 Å². The Hall–Kier alpha value is -3.51. The van der Waals surface area contributed by atoms with Gasteiger partial charge in [-0.2, -0.15) is 0 Å². The van der Waals surface area contributed by atoms with Crippen molar-refractivity contribution in [3.63, 3.8) is 0 Å². The average Bonchev–Trinajstić information content (AvgIpc) is 3.19. The highest BCUT2D eigenvalue weighted by Crippen LogP contribution is 2.59. The van der Waals surface area contributed by atoms with E-state index >= 15 is 0 Å². The lowest BCUT2D eigenvalue weighted by molar-refractivity contribution is -0.146. The molecule has 1 amide bonds. The van der Waals surface area contributed by atoms with Gasteiger partial charge in [0, 0.05) is 16.9 Å². The number of benzene rings is 2. The van der Waals surface area contributed by atoms with E-state index in [9.17, 15) is 19.1 Å². The summed E-state index contributed by atoms with van der Waals surface area (Å²) in [6.07, 6.45) is 10.9. The fourth-order valence-corrected chi connectivity index (χ4v) is 6.69. The van der Waals surface area contributed by atoms with E-state index in [4.69, 9.17) is 4.74 Å². The number of amides is 1. The van der Waals surface area contributed by atoms with Gasteiger partial charge in [-0.05, 0) is 92.8 Å². The zero-order valence-electron chi connectivity index (χ0n) is 23.7. The normalized spacial score (nSPS) is 25.6. The summed E-state index contributed by atoms with van der Waals surface area (Å²) >= 11 is 0. The Balaban J connectivity index is 1.31. The van der Waals surface area contributed by atoms with Crippen LogP contribution in [0.3, 0.4) is 0 Å². The molecule has 0 aliphatic heterocycles. The van der Waals surface area contributed by atoms with Crippen LogP contribution in [0.1, 0.15) is 80.3 Å². The van der Waals surface area contributed by atoms with Crippen molar-refractivity contribution in [1.82, 2.24) is 5.32 Å². The molecule has 2 aromatic rings. The molecule has 2 aromatic carbocycles. The molecule has 0 saturated heterocycles. The van der Waals surface area contributed by atoms with Crippen LogP contribution in [0.4, 0.5) is 4.39 Å². The maximum atomic E-state index is 13.4. The fourth-order valence-electron chi connectivity index (χ4n) is 6.69. The summed E-state index contributed by atoms with van der Waals surface area (Å²) in [7, 11) is 1.30. The zero-order chi connectivity index (χ0) is 28.7. The lowest BCUT2D eigenvalue weighted by Gasteiger charge is -2.44. The third kappa shape index (κ3) is 5.05. The molecule has 0 radical (unpaired) electrons. The van der Waals surface area contributed by atoms with Gasteiger partial charge in [-0.25, -0.2) is 9.18 Å². The van der Waals surface area contributed by atoms with Crippen molar-refractivity contribution < 1.29 is 23.8 Å². The van der Waals surface area contributed by atoms with Crippen molar-refractivity contribution in [3.05, 3.63) is 106 Å². The highest BCUT2D eigenvalue weighted by Gasteiger charge is 2.54. The number of methoxy groups -OCH3 is 1. The van der Waals surface area contributed by atoms with E-state index in [-0.39, 0.29) is 23.1 Å². The molecule has 5 rings (SSSR count). The second kappa shape index (κ2) is 10.5. The first-order valence-corrected chi connectivity index (χ1v) is 14.0. The molecular formula is C34H38FNO4. The summed E-state index contributed by atoms with van der Waals surface area (Å²) in [5.74, 6) is -0.866. The number of nitrogens with one attached hydrogen (secondary N) is 1. The van der Waals surface area contributed by atoms with Crippen molar-refractivity contribution >= 4 is 11.9 Å². The molecule has 5 nitrogen and oxygen atoms in total. The van der Waals surface area contributed by atoms with Gasteiger partial charge in [0.05, 0.1) is 12.7 Å². The van der Waals surface area contributed by atoms with Crippen LogP contribution in [0.5, 0.6) is 0 Å². The number of esters is 1. The molecule has 0 bridgehead atoms. The molecule has 2 N–H and O–H groups in total. The van der Waals surface area contributed by atoms with Gasteiger partial charge < -0.3 is 15.2 Å². The number of hydrogen-bond donors (Lipinski definition) is 2. The zero-order valence-corrected chi connectivity index (χ0v) is 23.7. The molecule has 0 spiro atoms. The van der Waals surface area contributed by atoms with Crippen molar-refractivity contribution in [2.24, 2.45) is 5.41 Å². The van der Waals surface area contributed by atoms with Crippen LogP contribution in [-0.2, 0) is 16.0 Å². The minimum atomic E-state index is -1.16. The molecule has 1 saturated carbocycles. The van der Waals surface area contributed by atoms with Gasteiger partial charge in [0.1, 0.15) is 11.4 Å². The van der Waals surface area contributed by atoms with Crippen molar-refractivity contribution in [2.75, 3.05) is 7.11 Å². The van der Waals surface area contributed by atoms with Gasteiger partial charge in [-0.3, -0.25) is 4.79 Å². The Morgan fingerprint density at radius 3 is 2.58 bits per heavy atom. The number of halogens is 1. The van der Waals surface area contributed by atoms with E-state index in [0.717, 1.165) is 30.4 Å². The maximum absolute atomic E-state index is 13.4. The standard InChI is InChI=1S/C34H38FNO4/c1-32(2,31(38)40-4)36-30(37)29-8-6-5-7-23(29)15-17-34(39)18-16-27-20-26-19-24(22-11-13-28(35)14-12-22)9-10-25(26)21-33(27,34)3/h5-14,20,24,39H,15-19,21H2,1-4H3,(H,36,37). The Morgan fingerprint density at radius 1 is 1.12 bits per heavy atom. The number of rotatable bonds is 7. The molecule has 3 unspecified atom stereocenters. The van der Waals surface area contributed by atoms with Gasteiger partial charge in [-0.15, -0.1) is 0 Å². The smallest absolute Gasteiger partial charge is 0.330 e. The number of carbonyl (C=O) groups excluding carboxylic acids is 2. The summed E-state index contributed by atoms with van der Waals surface area (Å²) in [6, 6.07) is 14.1. The number of carbonyl (C=O) groups is 2. The van der Waals surface area contributed by atoms with Crippen LogP contribution in [-0.4, -0.2) is 35.2 Å². The van der Waals surface area contributed by atoms with E-state index in [1.54, 1.807) is 26.0 Å². The Labute approximate surface area is 235 Å². The first-order valence-electron chi connectivity index (χ1n) is 14.0. The van der Waals surface area contributed by atoms with Crippen LogP contribution in [0.15, 0.2) is 83.5 Å². The molecule has 1 fully saturated rings. The Morgan fingerprint density at radius 2 is 1.85 bits per heavy atom. The summed E-state index contributed by atoms with van der Waals surface area (Å²) < 4.78 is 18.3. The van der Waals surface area contributed by atoms with E-state index in [2.05, 4.69) is 30.5 Å². The van der Waals surface area contributed by atoms with Gasteiger partial charge in [0.15, 0.2) is 0 Å². The third-order valence-corrected chi connectivity index (χ3v) is 9.31. The first kappa shape index (κ1) is 28.0. The monoisotopic (exact) mass is 543 g/mol. The van der Waals surface area contributed by atoms with Gasteiger partial charge in [0.25, 0.3) is 5.91 Å². The lowest BCUT2D eigenvalue weighted by Crippen LogP contribution is -2.50. The van der Waals surface area contributed by atoms with Crippen LogP contribution in [0, 0.1) is 11.2 Å². The molecule has 40 heavy (non-hydrogen) atoms. The van der Waals surface area contributed by atoms with Gasteiger partial charge in [-0.1, -0.05) is 61.1 Å². The number of aliphatic hydroxyl groups is 1. The molecular weight excluding hydrogens is 505 g/mol. The summed E-state index contributed by atoms with van der Waals surface area (Å²) in [6.45, 7) is 5.40. The first-order chi connectivity index (χ1) is 19.0. The number of hydrogen-bond acceptors (Lipinski definition) is 4. The predicted octanol–water partition coefficient (Wildman–Crippen LogP) is 6.34. The van der Waals surface area contributed by atoms with E-state index < -0.39 is 17.1 Å². The summed E-state index contributed by atoms with van der Waals surface area (Å²) in [5.41, 5.74) is 3.84. The van der Waals surface area contributed by atoms with E-state index in [0.29, 0.717) is 24.8 Å². The third-order valence-electron chi connectivity index (χ3n) is 9.31. The minimum absolute atomic E-state index is 0.215. The predicted molar refractivity (Wildman–Crippen MR) is 153 cm³/mol. The lowest BCUT2D eigenvalue weighted by atomic mass is 9.63. The SMILES string of the molecule is COC(=O)C(C)(C)NC(=O)c1ccccc1CCC1(O)CCC2=CC3=C(C=CC(c4ccc(F)cc4)C3)CC21C. The average molecular weight is 544 g/mol. The van der Waals surface area contributed by atoms with Crippen LogP contribution < -0.4 is 5.32 Å². The molecule has 0 heterocycles. The molecule has 6 heteroatoms. The number of aryl methyl sites for hydroxylation is 1. The molecule has 210 valence electrons. The fraction of sp³-hybridized carbons (Fsp3) is 0.412. The van der Waals surface area contributed by atoms with Crippen molar-refractivity contribution in [1.29, 1.82) is 0 Å². The Bertz CT molecular complexity index is 1420. The molecule has 3 atom stereocenters. The number of allylic oxidation sites excluding steroid dienone is 5. The van der Waals surface area contributed by atoms with Crippen LogP contribution in [0.2, 0.25) is 0 Å². The maximum Gasteiger partial charge on any atom is 0.330 e. The largest absolute Gasteiger partial charge is 0.467 e. The van der Waals surface area contributed by atoms with E-state index in [1.165, 1.54) is 36.0 Å². The topological polar surface area (TPSA) is 75.6 Å². The quantitative estimate of drug-likeness (QED) is 0.400.